The smallest absolute Gasteiger partial charge is 0.122 e. The minimum absolute atomic E-state index is 0.493. The molecule has 1 aliphatic rings. The Labute approximate surface area is 112 Å². The summed E-state index contributed by atoms with van der Waals surface area (Å²) in [5, 5.41) is 0. The first-order valence-electron chi connectivity index (χ1n) is 6.30. The summed E-state index contributed by atoms with van der Waals surface area (Å²) in [6, 6.07) is 6.25. The Morgan fingerprint density at radius 1 is 1.47 bits per heavy atom. The predicted molar refractivity (Wildman–Crippen MR) is 74.3 cm³/mol. The summed E-state index contributed by atoms with van der Waals surface area (Å²) < 4.78 is 7.01. The van der Waals surface area contributed by atoms with Crippen molar-refractivity contribution in [1.29, 1.82) is 0 Å². The molecule has 0 spiro atoms. The summed E-state index contributed by atoms with van der Waals surface area (Å²) in [5.74, 6) is 2.31. The zero-order valence-corrected chi connectivity index (χ0v) is 11.9. The van der Waals surface area contributed by atoms with E-state index in [1.807, 2.05) is 6.07 Å². The Kier molecular flexibility index (Phi) is 4.46. The molecule has 0 aliphatic heterocycles. The molecule has 1 aliphatic carbocycles. The maximum absolute atomic E-state index is 5.90. The fraction of sp³-hybridized carbons (Fsp3) is 0.571. The molecular formula is C14H20BrNO. The van der Waals surface area contributed by atoms with E-state index in [1.54, 1.807) is 0 Å². The second-order valence-electron chi connectivity index (χ2n) is 5.05. The first-order chi connectivity index (χ1) is 8.19. The zero-order valence-electron chi connectivity index (χ0n) is 10.3. The molecule has 1 fully saturated rings. The minimum atomic E-state index is 0.493. The average molecular weight is 298 g/mol. The fourth-order valence-electron chi connectivity index (χ4n) is 1.80. The average Bonchev–Trinajstić information content (AvgIpc) is 3.12. The lowest BCUT2D eigenvalue weighted by atomic mass is 10.0. The Balaban J connectivity index is 2.05. The van der Waals surface area contributed by atoms with Crippen molar-refractivity contribution in [3.05, 3.63) is 28.2 Å². The largest absolute Gasteiger partial charge is 0.493 e. The number of ether oxygens (including phenoxy) is 1. The van der Waals surface area contributed by atoms with Crippen LogP contribution in [0.4, 0.5) is 0 Å². The summed E-state index contributed by atoms with van der Waals surface area (Å²) in [4.78, 5) is 0. The van der Waals surface area contributed by atoms with Crippen LogP contribution in [0, 0.1) is 11.8 Å². The van der Waals surface area contributed by atoms with Crippen LogP contribution in [0.3, 0.4) is 0 Å². The summed E-state index contributed by atoms with van der Waals surface area (Å²) in [7, 11) is 0. The molecule has 0 heterocycles. The molecule has 0 radical (unpaired) electrons. The third-order valence-electron chi connectivity index (χ3n) is 3.16. The highest BCUT2D eigenvalue weighted by molar-refractivity contribution is 9.10. The Morgan fingerprint density at radius 2 is 2.24 bits per heavy atom. The van der Waals surface area contributed by atoms with Gasteiger partial charge in [0.2, 0.25) is 0 Å². The van der Waals surface area contributed by atoms with Crippen molar-refractivity contribution >= 4 is 15.9 Å². The fourth-order valence-corrected chi connectivity index (χ4v) is 2.21. The Bertz CT molecular complexity index is 376. The van der Waals surface area contributed by atoms with Crippen LogP contribution in [0.15, 0.2) is 22.7 Å². The van der Waals surface area contributed by atoms with E-state index in [1.165, 1.54) is 18.4 Å². The molecule has 1 atom stereocenters. The van der Waals surface area contributed by atoms with Crippen LogP contribution >= 0.6 is 15.9 Å². The summed E-state index contributed by atoms with van der Waals surface area (Å²) in [6.45, 7) is 3.76. The van der Waals surface area contributed by atoms with Gasteiger partial charge in [-0.3, -0.25) is 0 Å². The van der Waals surface area contributed by atoms with Crippen LogP contribution < -0.4 is 10.5 Å². The van der Waals surface area contributed by atoms with Gasteiger partial charge >= 0.3 is 0 Å². The van der Waals surface area contributed by atoms with Gasteiger partial charge in [0, 0.05) is 4.47 Å². The second-order valence-corrected chi connectivity index (χ2v) is 5.97. The van der Waals surface area contributed by atoms with Crippen LogP contribution in [-0.2, 0) is 6.42 Å². The second kappa shape index (κ2) is 5.87. The number of nitrogens with two attached hydrogens (primary N) is 1. The van der Waals surface area contributed by atoms with Gasteiger partial charge in [-0.2, -0.15) is 0 Å². The van der Waals surface area contributed by atoms with Crippen LogP contribution in [0.5, 0.6) is 5.75 Å². The molecule has 0 saturated heterocycles. The highest BCUT2D eigenvalue weighted by Gasteiger charge is 2.22. The third kappa shape index (κ3) is 4.00. The number of halogens is 1. The quantitative estimate of drug-likeness (QED) is 0.874. The summed E-state index contributed by atoms with van der Waals surface area (Å²) in [6.07, 6.45) is 3.63. The van der Waals surface area contributed by atoms with E-state index in [0.717, 1.165) is 29.2 Å². The molecule has 17 heavy (non-hydrogen) atoms. The maximum atomic E-state index is 5.90. The van der Waals surface area contributed by atoms with E-state index in [4.69, 9.17) is 10.5 Å². The van der Waals surface area contributed by atoms with Gasteiger partial charge in [-0.05, 0) is 61.4 Å². The summed E-state index contributed by atoms with van der Waals surface area (Å²) >= 11 is 3.51. The molecule has 94 valence electrons. The molecule has 0 bridgehead atoms. The van der Waals surface area contributed by atoms with Crippen molar-refractivity contribution in [2.24, 2.45) is 17.6 Å². The van der Waals surface area contributed by atoms with E-state index in [2.05, 4.69) is 35.0 Å². The first-order valence-corrected chi connectivity index (χ1v) is 7.09. The van der Waals surface area contributed by atoms with Gasteiger partial charge in [0.1, 0.15) is 5.75 Å². The van der Waals surface area contributed by atoms with Gasteiger partial charge in [-0.25, -0.2) is 0 Å². The molecule has 0 unspecified atom stereocenters. The molecule has 2 nitrogen and oxygen atoms in total. The van der Waals surface area contributed by atoms with Crippen molar-refractivity contribution in [1.82, 2.24) is 0 Å². The van der Waals surface area contributed by atoms with Crippen molar-refractivity contribution in [3.8, 4) is 5.75 Å². The van der Waals surface area contributed by atoms with Gasteiger partial charge in [-0.1, -0.05) is 22.9 Å². The van der Waals surface area contributed by atoms with E-state index in [0.29, 0.717) is 12.5 Å². The molecule has 0 aromatic heterocycles. The molecule has 1 aromatic carbocycles. The van der Waals surface area contributed by atoms with E-state index in [9.17, 15) is 0 Å². The molecule has 3 heteroatoms. The van der Waals surface area contributed by atoms with Gasteiger partial charge in [-0.15, -0.1) is 0 Å². The molecule has 1 aromatic rings. The number of hydrogen-bond donors (Lipinski definition) is 1. The standard InChI is InChI=1S/C14H20BrNO/c1-10(8-16)6-12-7-13(15)4-5-14(12)17-9-11-2-3-11/h4-5,7,10-11H,2-3,6,8-9,16H2,1H3/t10-/m1/s1. The van der Waals surface area contributed by atoms with E-state index < -0.39 is 0 Å². The highest BCUT2D eigenvalue weighted by atomic mass is 79.9. The van der Waals surface area contributed by atoms with Crippen molar-refractivity contribution in [2.45, 2.75) is 26.2 Å². The predicted octanol–water partition coefficient (Wildman–Crippen LogP) is 3.38. The van der Waals surface area contributed by atoms with E-state index in [-0.39, 0.29) is 0 Å². The SMILES string of the molecule is C[C@@H](CN)Cc1cc(Br)ccc1OCC1CC1. The molecule has 0 amide bonds. The van der Waals surface area contributed by atoms with Crippen LogP contribution in [0.1, 0.15) is 25.3 Å². The normalized spacial score (nSPS) is 16.9. The van der Waals surface area contributed by atoms with Crippen LogP contribution in [0.25, 0.3) is 0 Å². The van der Waals surface area contributed by atoms with Gasteiger partial charge in [0.15, 0.2) is 0 Å². The van der Waals surface area contributed by atoms with Crippen molar-refractivity contribution < 1.29 is 4.74 Å². The maximum Gasteiger partial charge on any atom is 0.122 e. The van der Waals surface area contributed by atoms with Crippen LogP contribution in [0.2, 0.25) is 0 Å². The number of hydrogen-bond acceptors (Lipinski definition) is 2. The Hall–Kier alpha value is -0.540. The first kappa shape index (κ1) is 12.9. The highest BCUT2D eigenvalue weighted by Crippen LogP contribution is 2.31. The molecule has 2 rings (SSSR count). The van der Waals surface area contributed by atoms with Crippen molar-refractivity contribution in [2.75, 3.05) is 13.2 Å². The monoisotopic (exact) mass is 297 g/mol. The number of benzene rings is 1. The van der Waals surface area contributed by atoms with Gasteiger partial charge in [0.05, 0.1) is 6.61 Å². The minimum Gasteiger partial charge on any atom is -0.493 e. The lowest BCUT2D eigenvalue weighted by molar-refractivity contribution is 0.295. The van der Waals surface area contributed by atoms with Gasteiger partial charge < -0.3 is 10.5 Å². The van der Waals surface area contributed by atoms with Gasteiger partial charge in [0.25, 0.3) is 0 Å². The lowest BCUT2D eigenvalue weighted by Gasteiger charge is -2.14. The molecule has 1 saturated carbocycles. The van der Waals surface area contributed by atoms with E-state index >= 15 is 0 Å². The summed E-state index contributed by atoms with van der Waals surface area (Å²) in [5.41, 5.74) is 6.95. The lowest BCUT2D eigenvalue weighted by Crippen LogP contribution is -2.14. The molecule has 2 N–H and O–H groups in total. The Morgan fingerprint density at radius 3 is 2.88 bits per heavy atom. The molecular weight excluding hydrogens is 278 g/mol. The zero-order chi connectivity index (χ0) is 12.3. The number of rotatable bonds is 6. The third-order valence-corrected chi connectivity index (χ3v) is 3.66. The topological polar surface area (TPSA) is 35.2 Å². The van der Waals surface area contributed by atoms with Crippen molar-refractivity contribution in [3.63, 3.8) is 0 Å². The van der Waals surface area contributed by atoms with Crippen LogP contribution in [-0.4, -0.2) is 13.2 Å².